The molecule has 7 heteroatoms. The third-order valence-corrected chi connectivity index (χ3v) is 6.45. The average molecular weight is 478 g/mol. The largest absolute Gasteiger partial charge is 0.319 e. The van der Waals surface area contributed by atoms with Crippen molar-refractivity contribution in [1.82, 2.24) is 19.6 Å². The minimum atomic E-state index is -0.160. The van der Waals surface area contributed by atoms with Gasteiger partial charge >= 0.3 is 0 Å². The molecule has 0 aliphatic rings. The number of carbonyl (C=O) groups is 1. The summed E-state index contributed by atoms with van der Waals surface area (Å²) in [6.07, 6.45) is 3.52. The zero-order valence-corrected chi connectivity index (χ0v) is 19.3. The van der Waals surface area contributed by atoms with Gasteiger partial charge in [0.05, 0.1) is 40.8 Å². The summed E-state index contributed by atoms with van der Waals surface area (Å²) in [7, 11) is 0. The van der Waals surface area contributed by atoms with Crippen molar-refractivity contribution in [2.45, 2.75) is 33.9 Å². The number of anilines is 1. The molecule has 31 heavy (non-hydrogen) atoms. The number of nitrogens with one attached hydrogen (secondary N) is 1. The summed E-state index contributed by atoms with van der Waals surface area (Å²) in [6, 6.07) is 15.8. The minimum Gasteiger partial charge on any atom is -0.319 e. The predicted octanol–water partition coefficient (Wildman–Crippen LogP) is 5.12. The van der Waals surface area contributed by atoms with E-state index in [1.54, 1.807) is 6.20 Å². The topological polar surface area (TPSA) is 64.7 Å². The zero-order valence-electron chi connectivity index (χ0n) is 17.8. The van der Waals surface area contributed by atoms with Crippen LogP contribution in [0.15, 0.2) is 65.4 Å². The summed E-state index contributed by atoms with van der Waals surface area (Å²) in [5.74, 6) is -0.160. The van der Waals surface area contributed by atoms with Crippen molar-refractivity contribution >= 4 is 27.5 Å². The number of halogens is 1. The van der Waals surface area contributed by atoms with E-state index in [2.05, 4.69) is 50.5 Å². The van der Waals surface area contributed by atoms with Crippen molar-refractivity contribution in [1.29, 1.82) is 0 Å². The molecular weight excluding hydrogens is 454 g/mol. The van der Waals surface area contributed by atoms with Crippen molar-refractivity contribution in [2.24, 2.45) is 0 Å². The van der Waals surface area contributed by atoms with Crippen molar-refractivity contribution in [3.05, 3.63) is 99.0 Å². The first-order valence-corrected chi connectivity index (χ1v) is 10.9. The monoisotopic (exact) mass is 477 g/mol. The van der Waals surface area contributed by atoms with Crippen molar-refractivity contribution in [2.75, 3.05) is 5.32 Å². The van der Waals surface area contributed by atoms with Gasteiger partial charge in [-0.15, -0.1) is 0 Å². The van der Waals surface area contributed by atoms with Crippen LogP contribution in [-0.4, -0.2) is 25.5 Å². The quantitative estimate of drug-likeness (QED) is 0.419. The second kappa shape index (κ2) is 8.89. The first kappa shape index (κ1) is 21.1. The second-order valence-electron chi connectivity index (χ2n) is 7.65. The highest BCUT2D eigenvalue weighted by Crippen LogP contribution is 2.21. The Kier molecular flexibility index (Phi) is 6.04. The van der Waals surface area contributed by atoms with E-state index in [9.17, 15) is 4.79 Å². The van der Waals surface area contributed by atoms with Crippen LogP contribution in [0.3, 0.4) is 0 Å². The first-order chi connectivity index (χ1) is 14.9. The van der Waals surface area contributed by atoms with Crippen molar-refractivity contribution in [3.63, 3.8) is 0 Å². The van der Waals surface area contributed by atoms with Gasteiger partial charge in [-0.3, -0.25) is 14.2 Å². The van der Waals surface area contributed by atoms with Gasteiger partial charge in [-0.25, -0.2) is 0 Å². The minimum absolute atomic E-state index is 0.160. The fourth-order valence-electron chi connectivity index (χ4n) is 3.49. The van der Waals surface area contributed by atoms with Crippen LogP contribution in [0.2, 0.25) is 0 Å². The first-order valence-electron chi connectivity index (χ1n) is 10.1. The van der Waals surface area contributed by atoms with Gasteiger partial charge in [0.1, 0.15) is 0 Å². The van der Waals surface area contributed by atoms with E-state index in [0.717, 1.165) is 21.4 Å². The van der Waals surface area contributed by atoms with Crippen LogP contribution >= 0.6 is 15.9 Å². The molecule has 0 atom stereocenters. The molecule has 4 rings (SSSR count). The summed E-state index contributed by atoms with van der Waals surface area (Å²) >= 11 is 3.56. The highest BCUT2D eigenvalue weighted by atomic mass is 79.9. The van der Waals surface area contributed by atoms with Gasteiger partial charge in [-0.2, -0.15) is 10.2 Å². The lowest BCUT2D eigenvalue weighted by atomic mass is 10.1. The molecule has 0 aliphatic heterocycles. The fourth-order valence-corrected chi connectivity index (χ4v) is 3.78. The average Bonchev–Trinajstić information content (AvgIpc) is 3.29. The Morgan fingerprint density at radius 2 is 1.87 bits per heavy atom. The molecule has 0 spiro atoms. The van der Waals surface area contributed by atoms with Gasteiger partial charge < -0.3 is 5.32 Å². The highest BCUT2D eigenvalue weighted by Gasteiger charge is 2.12. The molecule has 2 aromatic carbocycles. The van der Waals surface area contributed by atoms with Gasteiger partial charge in [-0.05, 0) is 65.5 Å². The third kappa shape index (κ3) is 4.77. The number of aryl methyl sites for hydroxylation is 2. The van der Waals surface area contributed by atoms with E-state index in [1.807, 2.05) is 65.8 Å². The van der Waals surface area contributed by atoms with E-state index in [4.69, 9.17) is 0 Å². The Bertz CT molecular complexity index is 1240. The van der Waals surface area contributed by atoms with Crippen LogP contribution < -0.4 is 5.32 Å². The van der Waals surface area contributed by atoms with E-state index in [0.29, 0.717) is 24.3 Å². The van der Waals surface area contributed by atoms with Crippen LogP contribution in [-0.2, 0) is 13.1 Å². The maximum atomic E-state index is 12.8. The zero-order chi connectivity index (χ0) is 22.0. The number of carbonyl (C=O) groups excluding carboxylic acids is 1. The molecule has 0 radical (unpaired) electrons. The summed E-state index contributed by atoms with van der Waals surface area (Å²) < 4.78 is 4.78. The number of aromatic nitrogens is 4. The maximum Gasteiger partial charge on any atom is 0.255 e. The Hall–Kier alpha value is -3.19. The van der Waals surface area contributed by atoms with E-state index in [1.165, 1.54) is 11.1 Å². The molecular formula is C24H24BrN5O. The van der Waals surface area contributed by atoms with Crippen LogP contribution in [0.5, 0.6) is 0 Å². The van der Waals surface area contributed by atoms with Crippen LogP contribution in [0.25, 0.3) is 0 Å². The molecule has 0 saturated heterocycles. The molecule has 1 amide bonds. The van der Waals surface area contributed by atoms with Crippen molar-refractivity contribution < 1.29 is 4.79 Å². The number of hydrogen-bond acceptors (Lipinski definition) is 3. The number of benzene rings is 2. The molecule has 0 aliphatic carbocycles. The maximum absolute atomic E-state index is 12.8. The number of nitrogens with zero attached hydrogens (tertiary/aromatic N) is 4. The van der Waals surface area contributed by atoms with Crippen LogP contribution in [0.1, 0.15) is 38.4 Å². The Balaban J connectivity index is 1.44. The van der Waals surface area contributed by atoms with Crippen LogP contribution in [0.4, 0.5) is 5.69 Å². The standard InChI is InChI=1S/C24H24BrN5O/c1-16-7-4-5-9-21(16)14-29-15-22(12-26-29)27-24(31)20-10-6-8-19(11-20)13-30-18(3)23(25)17(2)28-30/h4-12,15H,13-14H2,1-3H3,(H,27,31). The molecule has 0 bridgehead atoms. The highest BCUT2D eigenvalue weighted by molar-refractivity contribution is 9.10. The lowest BCUT2D eigenvalue weighted by molar-refractivity contribution is 0.102. The van der Waals surface area contributed by atoms with E-state index >= 15 is 0 Å². The molecule has 2 aromatic heterocycles. The number of hydrogen-bond donors (Lipinski definition) is 1. The Labute approximate surface area is 190 Å². The Morgan fingerprint density at radius 3 is 2.61 bits per heavy atom. The molecule has 1 N–H and O–H groups in total. The molecule has 0 saturated carbocycles. The molecule has 6 nitrogen and oxygen atoms in total. The van der Waals surface area contributed by atoms with E-state index < -0.39 is 0 Å². The van der Waals surface area contributed by atoms with Gasteiger partial charge in [0.25, 0.3) is 5.91 Å². The molecule has 0 fully saturated rings. The normalized spacial score (nSPS) is 11.0. The molecule has 4 aromatic rings. The van der Waals surface area contributed by atoms with Gasteiger partial charge in [0, 0.05) is 11.8 Å². The summed E-state index contributed by atoms with van der Waals surface area (Å²) in [5, 5.41) is 11.9. The van der Waals surface area contributed by atoms with Crippen molar-refractivity contribution in [3.8, 4) is 0 Å². The molecule has 2 heterocycles. The number of amides is 1. The third-order valence-electron chi connectivity index (χ3n) is 5.30. The smallest absolute Gasteiger partial charge is 0.255 e. The molecule has 158 valence electrons. The SMILES string of the molecule is Cc1ccccc1Cn1cc(NC(=O)c2cccc(Cn3nc(C)c(Br)c3C)c2)cn1. The van der Waals surface area contributed by atoms with Gasteiger partial charge in [0.15, 0.2) is 0 Å². The Morgan fingerprint density at radius 1 is 1.06 bits per heavy atom. The summed E-state index contributed by atoms with van der Waals surface area (Å²) in [5.41, 5.74) is 6.72. The summed E-state index contributed by atoms with van der Waals surface area (Å²) in [4.78, 5) is 12.8. The lowest BCUT2D eigenvalue weighted by Crippen LogP contribution is -2.12. The van der Waals surface area contributed by atoms with Crippen LogP contribution in [0, 0.1) is 20.8 Å². The lowest BCUT2D eigenvalue weighted by Gasteiger charge is -2.08. The molecule has 0 unspecified atom stereocenters. The van der Waals surface area contributed by atoms with Gasteiger partial charge in [-0.1, -0.05) is 36.4 Å². The second-order valence-corrected chi connectivity index (χ2v) is 8.44. The predicted molar refractivity (Wildman–Crippen MR) is 125 cm³/mol. The number of rotatable bonds is 6. The summed E-state index contributed by atoms with van der Waals surface area (Å²) in [6.45, 7) is 7.34. The fraction of sp³-hybridized carbons (Fsp3) is 0.208. The van der Waals surface area contributed by atoms with Gasteiger partial charge in [0.2, 0.25) is 0 Å². The van der Waals surface area contributed by atoms with E-state index in [-0.39, 0.29) is 5.91 Å².